The molecular weight excluding hydrogens is 392 g/mol. The summed E-state index contributed by atoms with van der Waals surface area (Å²) in [5, 5.41) is 11.9. The summed E-state index contributed by atoms with van der Waals surface area (Å²) < 4.78 is 5.52. The molecular formula is C26H44O3S. The number of rotatable bonds is 7. The van der Waals surface area contributed by atoms with Crippen molar-refractivity contribution in [3.05, 3.63) is 0 Å². The molecule has 2 aliphatic heterocycles. The minimum absolute atomic E-state index is 0.194. The first-order valence-electron chi connectivity index (χ1n) is 12.8. The topological polar surface area (TPSA) is 46.5 Å². The highest BCUT2D eigenvalue weighted by atomic mass is 32.3. The van der Waals surface area contributed by atoms with Crippen LogP contribution in [0.1, 0.15) is 92.4 Å². The molecule has 0 aromatic rings. The predicted octanol–water partition coefficient (Wildman–Crippen LogP) is 6.51. The van der Waals surface area contributed by atoms with Crippen molar-refractivity contribution in [1.82, 2.24) is 0 Å². The molecule has 0 bridgehead atoms. The Kier molecular flexibility index (Phi) is 4.96. The van der Waals surface area contributed by atoms with E-state index in [1.54, 1.807) is 0 Å². The van der Waals surface area contributed by atoms with Crippen LogP contribution < -0.4 is 0 Å². The van der Waals surface area contributed by atoms with Gasteiger partial charge in [-0.2, -0.15) is 0 Å². The Labute approximate surface area is 185 Å². The van der Waals surface area contributed by atoms with Gasteiger partial charge in [-0.25, -0.2) is 4.79 Å². The first-order valence-corrected chi connectivity index (χ1v) is 14.7. The van der Waals surface area contributed by atoms with Crippen molar-refractivity contribution in [3.63, 3.8) is 0 Å². The lowest BCUT2D eigenvalue weighted by atomic mass is 9.58. The molecule has 172 valence electrons. The fourth-order valence-corrected chi connectivity index (χ4v) is 13.3. The molecule has 0 spiro atoms. The first-order chi connectivity index (χ1) is 14.1. The lowest BCUT2D eigenvalue weighted by Crippen LogP contribution is -2.40. The van der Waals surface area contributed by atoms with Gasteiger partial charge in [-0.1, -0.05) is 33.1 Å². The van der Waals surface area contributed by atoms with Gasteiger partial charge in [-0.05, 0) is 99.6 Å². The molecule has 1 N–H and O–H groups in total. The molecule has 0 aromatic heterocycles. The van der Waals surface area contributed by atoms with Gasteiger partial charge in [0.15, 0.2) is 0 Å². The lowest BCUT2D eigenvalue weighted by molar-refractivity contribution is 0.0139. The largest absolute Gasteiger partial charge is 0.459 e. The predicted molar refractivity (Wildman–Crippen MR) is 125 cm³/mol. The van der Waals surface area contributed by atoms with Gasteiger partial charge in [0.1, 0.15) is 0 Å². The number of carbonyl (C=O) groups excluding carboxylic acids is 1. The molecule has 5 fully saturated rings. The molecule has 3 saturated carbocycles. The molecule has 3 aliphatic carbocycles. The molecule has 4 heteroatoms. The van der Waals surface area contributed by atoms with Gasteiger partial charge in [0.2, 0.25) is 0 Å². The fraction of sp³-hybridized carbons (Fsp3) is 0.962. The summed E-state index contributed by atoms with van der Waals surface area (Å²) in [5.74, 6) is 4.57. The quantitative estimate of drug-likeness (QED) is 0.365. The maximum atomic E-state index is 12.7. The van der Waals surface area contributed by atoms with Gasteiger partial charge in [-0.3, -0.25) is 0 Å². The van der Waals surface area contributed by atoms with Crippen molar-refractivity contribution in [2.45, 2.75) is 109 Å². The number of carbonyl (C=O) groups is 1. The van der Waals surface area contributed by atoms with Crippen molar-refractivity contribution in [3.8, 4) is 0 Å². The molecule has 0 aromatic carbocycles. The summed E-state index contributed by atoms with van der Waals surface area (Å²) in [4.78, 5) is 12.7. The fourth-order valence-electron chi connectivity index (χ4n) is 8.85. The summed E-state index contributed by atoms with van der Waals surface area (Å²) in [6.45, 7) is 11.5. The summed E-state index contributed by atoms with van der Waals surface area (Å²) in [6.07, 6.45) is 11.7. The van der Waals surface area contributed by atoms with Crippen molar-refractivity contribution >= 4 is 15.3 Å². The van der Waals surface area contributed by atoms with E-state index >= 15 is 0 Å². The molecule has 2 heterocycles. The summed E-state index contributed by atoms with van der Waals surface area (Å²) >= 11 is 0. The highest BCUT2D eigenvalue weighted by Crippen LogP contribution is 2.96. The third-order valence-corrected chi connectivity index (χ3v) is 14.5. The van der Waals surface area contributed by atoms with Crippen molar-refractivity contribution in [2.75, 3.05) is 12.4 Å². The van der Waals surface area contributed by atoms with Crippen LogP contribution in [0.15, 0.2) is 0 Å². The maximum Gasteiger partial charge on any atom is 0.350 e. The second kappa shape index (κ2) is 6.89. The zero-order valence-corrected chi connectivity index (χ0v) is 20.7. The summed E-state index contributed by atoms with van der Waals surface area (Å²) in [6, 6.07) is 0. The zero-order valence-electron chi connectivity index (χ0n) is 19.9. The molecule has 3 nitrogen and oxygen atoms in total. The van der Waals surface area contributed by atoms with Crippen LogP contribution >= 0.6 is 10.0 Å². The number of hydrogen-bond acceptors (Lipinski definition) is 3. The average Bonchev–Trinajstić information content (AvgIpc) is 3.56. The van der Waals surface area contributed by atoms with Gasteiger partial charge < -0.3 is 9.84 Å². The van der Waals surface area contributed by atoms with Gasteiger partial charge in [-0.15, -0.1) is 10.0 Å². The Balaban J connectivity index is 1.36. The number of aliphatic hydroxyl groups is 1. The molecule has 30 heavy (non-hydrogen) atoms. The van der Waals surface area contributed by atoms with Gasteiger partial charge >= 0.3 is 5.30 Å². The molecule has 0 amide bonds. The van der Waals surface area contributed by atoms with E-state index in [1.807, 2.05) is 20.8 Å². The summed E-state index contributed by atoms with van der Waals surface area (Å²) in [5.41, 5.74) is 0.398. The Hall–Kier alpha value is -0.220. The lowest BCUT2D eigenvalue weighted by Gasteiger charge is -2.47. The molecule has 7 unspecified atom stereocenters. The second-order valence-electron chi connectivity index (χ2n) is 12.5. The molecule has 0 radical (unpaired) electrons. The van der Waals surface area contributed by atoms with Crippen molar-refractivity contribution in [1.29, 1.82) is 0 Å². The van der Waals surface area contributed by atoms with E-state index in [1.165, 1.54) is 50.7 Å². The van der Waals surface area contributed by atoms with Crippen molar-refractivity contribution in [2.24, 2.45) is 34.5 Å². The van der Waals surface area contributed by atoms with E-state index in [2.05, 4.69) is 13.8 Å². The number of ether oxygens (including phenoxy) is 1. The zero-order chi connectivity index (χ0) is 21.5. The van der Waals surface area contributed by atoms with Crippen LogP contribution in [0.4, 0.5) is 4.79 Å². The Morgan fingerprint density at radius 3 is 2.67 bits per heavy atom. The monoisotopic (exact) mass is 436 g/mol. The second-order valence-corrected chi connectivity index (χ2v) is 16.0. The number of hydrogen-bond donors (Lipinski definition) is 1. The third-order valence-electron chi connectivity index (χ3n) is 10.4. The van der Waals surface area contributed by atoms with Crippen LogP contribution in [-0.2, 0) is 4.74 Å². The van der Waals surface area contributed by atoms with E-state index < -0.39 is 15.6 Å². The maximum absolute atomic E-state index is 12.7. The van der Waals surface area contributed by atoms with E-state index in [0.717, 1.165) is 36.5 Å². The van der Waals surface area contributed by atoms with Crippen LogP contribution in [0, 0.1) is 34.5 Å². The van der Waals surface area contributed by atoms with Crippen LogP contribution in [0.2, 0.25) is 0 Å². The standard InChI is InChI=1S/C26H44O3S/c1-6-29-23(27)30-16-20(30)22(30)19-15-26(19,14-8-12-24(3,4)28)21-11-10-18-17(2)9-7-13-25(18,21)5/h17-22,28H,6-16H2,1-5H3/t17-,18?,19?,20?,21-,22?,25?,26?/m0/s1. The summed E-state index contributed by atoms with van der Waals surface area (Å²) in [7, 11) is -1.05. The SMILES string of the molecule is CCOC(=O)S12CC1C2C1CC1(CCCC(C)(C)O)[C@H]1CCC2[C@@H](C)CCCC21C. The molecule has 5 rings (SSSR count). The third kappa shape index (κ3) is 3.05. The van der Waals surface area contributed by atoms with Crippen LogP contribution in [0.3, 0.4) is 0 Å². The molecule has 5 aliphatic rings. The first kappa shape index (κ1) is 21.6. The minimum Gasteiger partial charge on any atom is -0.459 e. The Morgan fingerprint density at radius 2 is 2.00 bits per heavy atom. The van der Waals surface area contributed by atoms with Gasteiger partial charge in [0.25, 0.3) is 0 Å². The van der Waals surface area contributed by atoms with E-state index in [4.69, 9.17) is 4.74 Å². The molecule has 9 atom stereocenters. The van der Waals surface area contributed by atoms with Crippen molar-refractivity contribution < 1.29 is 14.6 Å². The van der Waals surface area contributed by atoms with Gasteiger partial charge in [0, 0.05) is 10.5 Å². The minimum atomic E-state index is -1.05. The van der Waals surface area contributed by atoms with E-state index in [0.29, 0.717) is 27.9 Å². The number of fused-ring (bicyclic) bond motifs is 2. The van der Waals surface area contributed by atoms with E-state index in [9.17, 15) is 9.90 Å². The van der Waals surface area contributed by atoms with Gasteiger partial charge in [0.05, 0.1) is 12.2 Å². The van der Waals surface area contributed by atoms with Crippen LogP contribution in [0.25, 0.3) is 0 Å². The van der Waals surface area contributed by atoms with Crippen LogP contribution in [0.5, 0.6) is 0 Å². The van der Waals surface area contributed by atoms with E-state index in [-0.39, 0.29) is 5.30 Å². The highest BCUT2D eigenvalue weighted by Gasteiger charge is 2.86. The average molecular weight is 437 g/mol. The Morgan fingerprint density at radius 1 is 1.23 bits per heavy atom. The van der Waals surface area contributed by atoms with Crippen LogP contribution in [-0.4, -0.2) is 38.9 Å². The molecule has 2 saturated heterocycles. The normalized spacial score (nSPS) is 53.3. The highest BCUT2D eigenvalue weighted by molar-refractivity contribution is 8.57. The smallest absolute Gasteiger partial charge is 0.350 e. The Bertz CT molecular complexity index is 716.